The van der Waals surface area contributed by atoms with Gasteiger partial charge in [0.15, 0.2) is 0 Å². The molecule has 0 aromatic heterocycles. The number of benzene rings is 1. The van der Waals surface area contributed by atoms with Gasteiger partial charge in [-0.15, -0.1) is 0 Å². The lowest BCUT2D eigenvalue weighted by Gasteiger charge is -2.14. The van der Waals surface area contributed by atoms with Crippen molar-refractivity contribution < 1.29 is 0 Å². The molecule has 0 saturated carbocycles. The molecule has 0 aliphatic heterocycles. The Bertz CT molecular complexity index is 268. The van der Waals surface area contributed by atoms with Crippen molar-refractivity contribution in [2.24, 2.45) is 5.73 Å². The molecule has 1 atom stereocenters. The Balaban J connectivity index is 2.51. The van der Waals surface area contributed by atoms with Gasteiger partial charge in [-0.05, 0) is 24.5 Å². The van der Waals surface area contributed by atoms with Crippen LogP contribution in [0.2, 0.25) is 0 Å². The Morgan fingerprint density at radius 1 is 1.21 bits per heavy atom. The lowest BCUT2D eigenvalue weighted by molar-refractivity contribution is 0.579. The van der Waals surface area contributed by atoms with Crippen LogP contribution in [0.25, 0.3) is 0 Å². The van der Waals surface area contributed by atoms with Crippen LogP contribution in [0.3, 0.4) is 0 Å². The average Bonchev–Trinajstić information content (AvgIpc) is 2.18. The molecule has 0 heterocycles. The van der Waals surface area contributed by atoms with Crippen molar-refractivity contribution >= 4 is 0 Å². The fourth-order valence-corrected chi connectivity index (χ4v) is 1.77. The topological polar surface area (TPSA) is 26.0 Å². The predicted molar refractivity (Wildman–Crippen MR) is 62.2 cm³/mol. The Morgan fingerprint density at radius 2 is 1.93 bits per heavy atom. The third kappa shape index (κ3) is 3.15. The molecule has 1 heteroatoms. The van der Waals surface area contributed by atoms with Crippen LogP contribution >= 0.6 is 0 Å². The molecule has 1 rings (SSSR count). The minimum Gasteiger partial charge on any atom is -0.324 e. The van der Waals surface area contributed by atoms with E-state index in [1.54, 1.807) is 0 Å². The number of hydrogen-bond donors (Lipinski definition) is 1. The third-order valence-electron chi connectivity index (χ3n) is 2.71. The van der Waals surface area contributed by atoms with Crippen molar-refractivity contribution in [3.63, 3.8) is 0 Å². The van der Waals surface area contributed by atoms with Crippen LogP contribution in [-0.4, -0.2) is 0 Å². The van der Waals surface area contributed by atoms with Gasteiger partial charge in [0, 0.05) is 6.04 Å². The molecule has 0 saturated heterocycles. The lowest BCUT2D eigenvalue weighted by atomic mass is 9.97. The van der Waals surface area contributed by atoms with Crippen LogP contribution in [-0.2, 0) is 0 Å². The molecule has 0 bridgehead atoms. The van der Waals surface area contributed by atoms with Gasteiger partial charge in [0.2, 0.25) is 0 Å². The highest BCUT2D eigenvalue weighted by molar-refractivity contribution is 5.28. The Morgan fingerprint density at radius 3 is 2.57 bits per heavy atom. The minimum atomic E-state index is 0.225. The fourth-order valence-electron chi connectivity index (χ4n) is 1.77. The standard InChI is InChI=1S/C13H21N/c1-3-4-5-10-13(14)12-9-7-6-8-11(12)2/h6-9,13H,3-5,10,14H2,1-2H3/t13-/m1/s1. The molecular formula is C13H21N. The normalized spacial score (nSPS) is 12.8. The van der Waals surface area contributed by atoms with Crippen LogP contribution in [0.1, 0.15) is 49.8 Å². The maximum atomic E-state index is 6.14. The zero-order valence-corrected chi connectivity index (χ0v) is 9.29. The molecule has 0 unspecified atom stereocenters. The van der Waals surface area contributed by atoms with Crippen molar-refractivity contribution in [3.8, 4) is 0 Å². The Kier molecular flexibility index (Phi) is 4.68. The Labute approximate surface area is 87.3 Å². The van der Waals surface area contributed by atoms with Gasteiger partial charge in [0.25, 0.3) is 0 Å². The highest BCUT2D eigenvalue weighted by Gasteiger charge is 2.06. The van der Waals surface area contributed by atoms with Crippen LogP contribution in [0, 0.1) is 6.92 Å². The highest BCUT2D eigenvalue weighted by Crippen LogP contribution is 2.20. The summed E-state index contributed by atoms with van der Waals surface area (Å²) < 4.78 is 0. The predicted octanol–water partition coefficient (Wildman–Crippen LogP) is 3.58. The van der Waals surface area contributed by atoms with Gasteiger partial charge < -0.3 is 5.73 Å². The SMILES string of the molecule is CCCCC[C@@H](N)c1ccccc1C. The quantitative estimate of drug-likeness (QED) is 0.707. The second-order valence-electron chi connectivity index (χ2n) is 3.96. The molecule has 2 N–H and O–H groups in total. The summed E-state index contributed by atoms with van der Waals surface area (Å²) >= 11 is 0. The molecule has 0 radical (unpaired) electrons. The fraction of sp³-hybridized carbons (Fsp3) is 0.538. The first kappa shape index (κ1) is 11.3. The third-order valence-corrected chi connectivity index (χ3v) is 2.71. The van der Waals surface area contributed by atoms with Crippen molar-refractivity contribution in [2.45, 2.75) is 45.6 Å². The molecule has 0 spiro atoms. The van der Waals surface area contributed by atoms with Gasteiger partial charge in [0.1, 0.15) is 0 Å². The van der Waals surface area contributed by atoms with E-state index < -0.39 is 0 Å². The monoisotopic (exact) mass is 191 g/mol. The first-order valence-corrected chi connectivity index (χ1v) is 5.56. The van der Waals surface area contributed by atoms with E-state index in [1.807, 2.05) is 0 Å². The van der Waals surface area contributed by atoms with Crippen molar-refractivity contribution in [1.82, 2.24) is 0 Å². The maximum absolute atomic E-state index is 6.14. The summed E-state index contributed by atoms with van der Waals surface area (Å²) in [5, 5.41) is 0. The maximum Gasteiger partial charge on any atom is 0.0297 e. The number of unbranched alkanes of at least 4 members (excludes halogenated alkanes) is 2. The van der Waals surface area contributed by atoms with Gasteiger partial charge >= 0.3 is 0 Å². The van der Waals surface area contributed by atoms with Crippen LogP contribution in [0.5, 0.6) is 0 Å². The van der Waals surface area contributed by atoms with E-state index >= 15 is 0 Å². The average molecular weight is 191 g/mol. The highest BCUT2D eigenvalue weighted by atomic mass is 14.6. The molecular weight excluding hydrogens is 170 g/mol. The van der Waals surface area contributed by atoms with E-state index in [2.05, 4.69) is 38.1 Å². The molecule has 1 nitrogen and oxygen atoms in total. The van der Waals surface area contributed by atoms with Gasteiger partial charge in [-0.1, -0.05) is 50.5 Å². The molecule has 1 aromatic carbocycles. The zero-order chi connectivity index (χ0) is 10.4. The number of hydrogen-bond acceptors (Lipinski definition) is 1. The van der Waals surface area contributed by atoms with Gasteiger partial charge in [-0.3, -0.25) is 0 Å². The lowest BCUT2D eigenvalue weighted by Crippen LogP contribution is -2.11. The largest absolute Gasteiger partial charge is 0.324 e. The van der Waals surface area contributed by atoms with E-state index in [0.29, 0.717) is 0 Å². The van der Waals surface area contributed by atoms with E-state index in [1.165, 1.54) is 30.4 Å². The second-order valence-corrected chi connectivity index (χ2v) is 3.96. The van der Waals surface area contributed by atoms with Crippen molar-refractivity contribution in [3.05, 3.63) is 35.4 Å². The number of nitrogens with two attached hydrogens (primary N) is 1. The Hall–Kier alpha value is -0.820. The molecule has 0 aliphatic rings. The van der Waals surface area contributed by atoms with E-state index in [-0.39, 0.29) is 6.04 Å². The van der Waals surface area contributed by atoms with Crippen molar-refractivity contribution in [2.75, 3.05) is 0 Å². The summed E-state index contributed by atoms with van der Waals surface area (Å²) in [6.45, 7) is 4.36. The zero-order valence-electron chi connectivity index (χ0n) is 9.29. The van der Waals surface area contributed by atoms with Crippen LogP contribution < -0.4 is 5.73 Å². The molecule has 0 fully saturated rings. The summed E-state index contributed by atoms with van der Waals surface area (Å²) in [5.74, 6) is 0. The summed E-state index contributed by atoms with van der Waals surface area (Å²) in [4.78, 5) is 0. The first-order valence-electron chi connectivity index (χ1n) is 5.56. The molecule has 0 aliphatic carbocycles. The summed E-state index contributed by atoms with van der Waals surface area (Å²) in [7, 11) is 0. The van der Waals surface area contributed by atoms with E-state index in [9.17, 15) is 0 Å². The van der Waals surface area contributed by atoms with E-state index in [0.717, 1.165) is 6.42 Å². The summed E-state index contributed by atoms with van der Waals surface area (Å²) in [6, 6.07) is 8.64. The van der Waals surface area contributed by atoms with Gasteiger partial charge in [-0.2, -0.15) is 0 Å². The number of rotatable bonds is 5. The van der Waals surface area contributed by atoms with E-state index in [4.69, 9.17) is 5.73 Å². The minimum absolute atomic E-state index is 0.225. The summed E-state index contributed by atoms with van der Waals surface area (Å²) in [6.07, 6.45) is 4.91. The van der Waals surface area contributed by atoms with Crippen molar-refractivity contribution in [1.29, 1.82) is 0 Å². The molecule has 1 aromatic rings. The molecule has 78 valence electrons. The van der Waals surface area contributed by atoms with Gasteiger partial charge in [0.05, 0.1) is 0 Å². The van der Waals surface area contributed by atoms with Gasteiger partial charge in [-0.25, -0.2) is 0 Å². The first-order chi connectivity index (χ1) is 6.75. The smallest absolute Gasteiger partial charge is 0.0297 e. The summed E-state index contributed by atoms with van der Waals surface area (Å²) in [5.41, 5.74) is 8.76. The number of aryl methyl sites for hydroxylation is 1. The van der Waals surface area contributed by atoms with Crippen LogP contribution in [0.15, 0.2) is 24.3 Å². The molecule has 0 amide bonds. The second kappa shape index (κ2) is 5.82. The van der Waals surface area contributed by atoms with Crippen LogP contribution in [0.4, 0.5) is 0 Å². The molecule has 14 heavy (non-hydrogen) atoms.